The molecule has 0 atom stereocenters. The van der Waals surface area contributed by atoms with Crippen molar-refractivity contribution in [2.75, 3.05) is 0 Å². The van der Waals surface area contributed by atoms with Crippen molar-refractivity contribution >= 4 is 23.7 Å². The number of nitrogens with one attached hydrogen (secondary N) is 1. The molecule has 1 aromatic heterocycles. The lowest BCUT2D eigenvalue weighted by Gasteiger charge is -2.13. The largest absolute Gasteiger partial charge is 0.416 e. The molecule has 0 unspecified atom stereocenters. The van der Waals surface area contributed by atoms with Gasteiger partial charge in [-0.3, -0.25) is 4.79 Å². The lowest BCUT2D eigenvalue weighted by Crippen LogP contribution is -2.17. The molecule has 0 aliphatic carbocycles. The van der Waals surface area contributed by atoms with Crippen LogP contribution >= 0.6 is 11.6 Å². The molecule has 2 aromatic carbocycles. The van der Waals surface area contributed by atoms with E-state index < -0.39 is 17.6 Å². The summed E-state index contributed by atoms with van der Waals surface area (Å²) in [4.78, 5) is 12.1. The van der Waals surface area contributed by atoms with Gasteiger partial charge in [0, 0.05) is 33.2 Å². The van der Waals surface area contributed by atoms with Gasteiger partial charge < -0.3 is 4.57 Å². The number of hydrogen-bond donors (Lipinski definition) is 1. The van der Waals surface area contributed by atoms with E-state index in [-0.39, 0.29) is 0 Å². The minimum absolute atomic E-state index is 0.365. The number of amides is 1. The Labute approximate surface area is 170 Å². The number of alkyl halides is 3. The van der Waals surface area contributed by atoms with Crippen molar-refractivity contribution in [2.45, 2.75) is 20.0 Å². The molecule has 4 nitrogen and oxygen atoms in total. The minimum atomic E-state index is -4.42. The first-order valence-corrected chi connectivity index (χ1v) is 9.00. The Morgan fingerprint density at radius 3 is 2.52 bits per heavy atom. The number of halogens is 4. The number of benzene rings is 2. The van der Waals surface area contributed by atoms with E-state index in [1.54, 1.807) is 48.7 Å². The van der Waals surface area contributed by atoms with Crippen LogP contribution in [0.3, 0.4) is 0 Å². The van der Waals surface area contributed by atoms with Gasteiger partial charge in [0.2, 0.25) is 0 Å². The van der Waals surface area contributed by atoms with Crippen LogP contribution in [0.2, 0.25) is 5.02 Å². The highest BCUT2D eigenvalue weighted by molar-refractivity contribution is 6.30. The summed E-state index contributed by atoms with van der Waals surface area (Å²) in [6.45, 7) is 3.56. The Bertz CT molecular complexity index is 1090. The molecule has 0 bridgehead atoms. The Balaban J connectivity index is 1.83. The van der Waals surface area contributed by atoms with Gasteiger partial charge in [-0.05, 0) is 56.3 Å². The van der Waals surface area contributed by atoms with E-state index >= 15 is 0 Å². The first kappa shape index (κ1) is 20.7. The van der Waals surface area contributed by atoms with Gasteiger partial charge in [0.1, 0.15) is 0 Å². The smallest absolute Gasteiger partial charge is 0.318 e. The predicted octanol–water partition coefficient (Wildman–Crippen LogP) is 5.53. The molecule has 1 N–H and O–H groups in total. The zero-order valence-electron chi connectivity index (χ0n) is 15.6. The summed E-state index contributed by atoms with van der Waals surface area (Å²) in [7, 11) is 0. The van der Waals surface area contributed by atoms with E-state index in [9.17, 15) is 18.0 Å². The second kappa shape index (κ2) is 8.13. The SMILES string of the molecule is Cc1cc(/C=N\NC(=O)c2cccc(Cl)c2)c(C)n1-c1cccc(C(F)(F)F)c1. The second-order valence-corrected chi connectivity index (χ2v) is 6.86. The summed E-state index contributed by atoms with van der Waals surface area (Å²) in [6.07, 6.45) is -2.96. The fourth-order valence-electron chi connectivity index (χ4n) is 2.99. The molecular weight excluding hydrogens is 403 g/mol. The summed E-state index contributed by atoms with van der Waals surface area (Å²) >= 11 is 5.87. The van der Waals surface area contributed by atoms with Crippen LogP contribution in [-0.2, 0) is 6.18 Å². The second-order valence-electron chi connectivity index (χ2n) is 6.42. The molecule has 0 aliphatic heterocycles. The van der Waals surface area contributed by atoms with E-state index in [4.69, 9.17) is 11.6 Å². The molecule has 0 saturated carbocycles. The van der Waals surface area contributed by atoms with Crippen LogP contribution in [0.5, 0.6) is 0 Å². The lowest BCUT2D eigenvalue weighted by molar-refractivity contribution is -0.137. The van der Waals surface area contributed by atoms with Crippen LogP contribution in [0, 0.1) is 13.8 Å². The Morgan fingerprint density at radius 1 is 1.10 bits per heavy atom. The fourth-order valence-corrected chi connectivity index (χ4v) is 3.18. The lowest BCUT2D eigenvalue weighted by atomic mass is 10.2. The molecular formula is C21H17ClF3N3O. The molecule has 3 rings (SSSR count). The van der Waals surface area contributed by atoms with E-state index in [1.807, 2.05) is 0 Å². The van der Waals surface area contributed by atoms with E-state index in [1.165, 1.54) is 18.3 Å². The fraction of sp³-hybridized carbons (Fsp3) is 0.143. The summed E-state index contributed by atoms with van der Waals surface area (Å²) < 4.78 is 40.8. The maximum atomic E-state index is 13.0. The monoisotopic (exact) mass is 419 g/mol. The van der Waals surface area contributed by atoms with Crippen molar-refractivity contribution in [1.82, 2.24) is 9.99 Å². The third kappa shape index (κ3) is 4.68. The van der Waals surface area contributed by atoms with Crippen molar-refractivity contribution in [2.24, 2.45) is 5.10 Å². The van der Waals surface area contributed by atoms with Gasteiger partial charge in [-0.2, -0.15) is 18.3 Å². The van der Waals surface area contributed by atoms with Crippen molar-refractivity contribution < 1.29 is 18.0 Å². The van der Waals surface area contributed by atoms with Crippen LogP contribution in [0.1, 0.15) is 32.9 Å². The number of carbonyl (C=O) groups excluding carboxylic acids is 1. The van der Waals surface area contributed by atoms with E-state index in [0.717, 1.165) is 17.8 Å². The quantitative estimate of drug-likeness (QED) is 0.438. The van der Waals surface area contributed by atoms with E-state index in [2.05, 4.69) is 10.5 Å². The van der Waals surface area contributed by atoms with Gasteiger partial charge in [0.25, 0.3) is 5.91 Å². The number of nitrogens with zero attached hydrogens (tertiary/aromatic N) is 2. The van der Waals surface area contributed by atoms with Crippen molar-refractivity contribution in [3.05, 3.63) is 87.7 Å². The molecule has 8 heteroatoms. The van der Waals surface area contributed by atoms with Gasteiger partial charge >= 0.3 is 6.18 Å². The third-order valence-corrected chi connectivity index (χ3v) is 4.59. The molecule has 3 aromatic rings. The zero-order chi connectivity index (χ0) is 21.2. The van der Waals surface area contributed by atoms with Crippen molar-refractivity contribution in [1.29, 1.82) is 0 Å². The standard InChI is InChI=1S/C21H17ClF3N3O/c1-13-9-16(12-26-27-20(29)15-5-3-7-18(22)10-15)14(2)28(13)19-8-4-6-17(11-19)21(23,24)25/h3-12H,1-2H3,(H,27,29)/b26-12-. The Kier molecular flexibility index (Phi) is 5.79. The van der Waals surface area contributed by atoms with Crippen molar-refractivity contribution in [3.63, 3.8) is 0 Å². The van der Waals surface area contributed by atoms with Gasteiger partial charge in [-0.15, -0.1) is 0 Å². The van der Waals surface area contributed by atoms with Gasteiger partial charge in [-0.25, -0.2) is 5.43 Å². The average molecular weight is 420 g/mol. The highest BCUT2D eigenvalue weighted by Gasteiger charge is 2.30. The van der Waals surface area contributed by atoms with Crippen LogP contribution in [0.15, 0.2) is 59.7 Å². The summed E-state index contributed by atoms with van der Waals surface area (Å²) in [5, 5.41) is 4.39. The molecule has 0 aliphatic rings. The maximum absolute atomic E-state index is 13.0. The summed E-state index contributed by atoms with van der Waals surface area (Å²) in [5.41, 5.74) is 4.57. The Hall–Kier alpha value is -3.06. The normalized spacial score (nSPS) is 11.8. The zero-order valence-corrected chi connectivity index (χ0v) is 16.3. The van der Waals surface area contributed by atoms with Gasteiger partial charge in [0.05, 0.1) is 11.8 Å². The first-order chi connectivity index (χ1) is 13.7. The van der Waals surface area contributed by atoms with Crippen LogP contribution in [0.25, 0.3) is 5.69 Å². The first-order valence-electron chi connectivity index (χ1n) is 8.62. The van der Waals surface area contributed by atoms with Crippen LogP contribution in [-0.4, -0.2) is 16.7 Å². The maximum Gasteiger partial charge on any atom is 0.416 e. The number of hydrogen-bond acceptors (Lipinski definition) is 2. The average Bonchev–Trinajstić information content (AvgIpc) is 2.94. The molecule has 0 saturated heterocycles. The molecule has 0 fully saturated rings. The van der Waals surface area contributed by atoms with Gasteiger partial charge in [-0.1, -0.05) is 23.7 Å². The molecule has 1 heterocycles. The summed E-state index contributed by atoms with van der Waals surface area (Å²) in [5.74, 6) is -0.421. The number of rotatable bonds is 4. The molecule has 150 valence electrons. The van der Waals surface area contributed by atoms with E-state index in [0.29, 0.717) is 27.5 Å². The molecule has 0 radical (unpaired) electrons. The highest BCUT2D eigenvalue weighted by atomic mass is 35.5. The predicted molar refractivity (Wildman–Crippen MR) is 107 cm³/mol. The number of hydrazone groups is 1. The minimum Gasteiger partial charge on any atom is -0.318 e. The number of aryl methyl sites for hydroxylation is 1. The number of carbonyl (C=O) groups is 1. The topological polar surface area (TPSA) is 46.4 Å². The molecule has 0 spiro atoms. The van der Waals surface area contributed by atoms with Crippen LogP contribution < -0.4 is 5.43 Å². The number of aromatic nitrogens is 1. The highest BCUT2D eigenvalue weighted by Crippen LogP contribution is 2.31. The third-order valence-electron chi connectivity index (χ3n) is 4.36. The molecule has 1 amide bonds. The van der Waals surface area contributed by atoms with Crippen LogP contribution in [0.4, 0.5) is 13.2 Å². The van der Waals surface area contributed by atoms with Crippen molar-refractivity contribution in [3.8, 4) is 5.69 Å². The van der Waals surface area contributed by atoms with Gasteiger partial charge in [0.15, 0.2) is 0 Å². The Morgan fingerprint density at radius 2 is 1.83 bits per heavy atom. The summed E-state index contributed by atoms with van der Waals surface area (Å²) in [6, 6.07) is 13.3. The molecule has 29 heavy (non-hydrogen) atoms.